The molecule has 1 saturated heterocycles. The van der Waals surface area contributed by atoms with Crippen LogP contribution in [0, 0.1) is 19.3 Å². The highest BCUT2D eigenvalue weighted by molar-refractivity contribution is 7.98. The number of H-pyrrole nitrogens is 1. The van der Waals surface area contributed by atoms with Crippen LogP contribution in [0.3, 0.4) is 0 Å². The van der Waals surface area contributed by atoms with Gasteiger partial charge < -0.3 is 24.9 Å². The van der Waals surface area contributed by atoms with E-state index < -0.39 is 0 Å². The Kier molecular flexibility index (Phi) is 7.50. The van der Waals surface area contributed by atoms with Gasteiger partial charge in [0.25, 0.3) is 11.5 Å². The van der Waals surface area contributed by atoms with Crippen molar-refractivity contribution in [3.8, 4) is 0 Å². The molecule has 0 atom stereocenters. The van der Waals surface area contributed by atoms with Crippen LogP contribution in [0.2, 0.25) is 0 Å². The summed E-state index contributed by atoms with van der Waals surface area (Å²) < 4.78 is 7.76. The van der Waals surface area contributed by atoms with Gasteiger partial charge in [0.15, 0.2) is 0 Å². The Labute approximate surface area is 229 Å². The lowest BCUT2D eigenvalue weighted by atomic mass is 9.73. The fourth-order valence-electron chi connectivity index (χ4n) is 6.20. The molecule has 204 valence electrons. The van der Waals surface area contributed by atoms with Gasteiger partial charge in [-0.1, -0.05) is 25.1 Å². The van der Waals surface area contributed by atoms with Crippen LogP contribution in [0.25, 0.3) is 10.9 Å². The van der Waals surface area contributed by atoms with Crippen LogP contribution in [0.4, 0.5) is 0 Å². The van der Waals surface area contributed by atoms with Crippen LogP contribution in [-0.2, 0) is 17.8 Å². The Hall–Kier alpha value is -2.55. The first-order chi connectivity index (χ1) is 18.1. The van der Waals surface area contributed by atoms with Crippen molar-refractivity contribution in [3.05, 3.63) is 63.2 Å². The van der Waals surface area contributed by atoms with E-state index in [1.165, 1.54) is 11.8 Å². The first-order valence-corrected chi connectivity index (χ1v) is 14.8. The fourth-order valence-corrected chi connectivity index (χ4v) is 6.90. The van der Waals surface area contributed by atoms with E-state index in [-0.39, 0.29) is 29.0 Å². The molecule has 3 aromatic rings. The smallest absolute Gasteiger partial charge is 0.254 e. The minimum atomic E-state index is -0.148. The number of aromatic nitrogens is 2. The summed E-state index contributed by atoms with van der Waals surface area (Å²) in [5.74, 6) is -0.140. The van der Waals surface area contributed by atoms with Gasteiger partial charge in [0.1, 0.15) is 0 Å². The van der Waals surface area contributed by atoms with Crippen LogP contribution < -0.4 is 16.2 Å². The largest absolute Gasteiger partial charge is 0.377 e. The summed E-state index contributed by atoms with van der Waals surface area (Å²) in [6, 6.07) is 10.7. The number of amides is 1. The molecule has 0 unspecified atom stereocenters. The Morgan fingerprint density at radius 3 is 2.55 bits per heavy atom. The average molecular weight is 537 g/mol. The summed E-state index contributed by atoms with van der Waals surface area (Å²) >= 11 is 1.52. The quantitative estimate of drug-likeness (QED) is 0.356. The molecule has 0 bridgehead atoms. The predicted molar refractivity (Wildman–Crippen MR) is 154 cm³/mol. The van der Waals surface area contributed by atoms with Crippen LogP contribution in [-0.4, -0.2) is 46.5 Å². The van der Waals surface area contributed by atoms with Crippen molar-refractivity contribution >= 4 is 28.6 Å². The third kappa shape index (κ3) is 5.31. The second-order valence-electron chi connectivity index (χ2n) is 11.9. The van der Waals surface area contributed by atoms with Gasteiger partial charge in [0.2, 0.25) is 0 Å². The van der Waals surface area contributed by atoms with Crippen molar-refractivity contribution < 1.29 is 9.53 Å². The van der Waals surface area contributed by atoms with E-state index in [1.807, 2.05) is 37.4 Å². The van der Waals surface area contributed by atoms with Crippen molar-refractivity contribution in [2.45, 2.75) is 82.9 Å². The van der Waals surface area contributed by atoms with E-state index in [0.29, 0.717) is 17.2 Å². The van der Waals surface area contributed by atoms with Gasteiger partial charge in [-0.15, -0.1) is 11.8 Å². The number of fused-ring (bicyclic) bond motifs is 1. The molecule has 5 rings (SSSR count). The number of nitrogens with zero attached hydrogens (tertiary/aromatic N) is 1. The molecule has 1 saturated carbocycles. The number of aryl methyl sites for hydroxylation is 1. The van der Waals surface area contributed by atoms with Gasteiger partial charge in [0, 0.05) is 51.9 Å². The minimum absolute atomic E-state index is 0.133. The molecule has 3 N–H and O–H groups in total. The lowest BCUT2D eigenvalue weighted by molar-refractivity contribution is -0.0729. The number of thioether (sulfide) groups is 1. The second kappa shape index (κ2) is 10.5. The molecular formula is C30H40N4O3S. The Morgan fingerprint density at radius 1 is 1.18 bits per heavy atom. The molecule has 1 aliphatic heterocycles. The molecule has 2 aliphatic rings. The van der Waals surface area contributed by atoms with E-state index in [0.717, 1.165) is 72.6 Å². The maximum absolute atomic E-state index is 13.6. The van der Waals surface area contributed by atoms with Gasteiger partial charge in [-0.3, -0.25) is 9.59 Å². The maximum Gasteiger partial charge on any atom is 0.254 e. The number of hydrogen-bond acceptors (Lipinski definition) is 5. The van der Waals surface area contributed by atoms with Gasteiger partial charge in [-0.25, -0.2) is 0 Å². The summed E-state index contributed by atoms with van der Waals surface area (Å²) in [6.45, 7) is 11.2. The van der Waals surface area contributed by atoms with E-state index in [9.17, 15) is 9.59 Å². The summed E-state index contributed by atoms with van der Waals surface area (Å²) in [5, 5.41) is 7.83. The summed E-state index contributed by atoms with van der Waals surface area (Å²) in [4.78, 5) is 29.9. The summed E-state index contributed by atoms with van der Waals surface area (Å²) in [6.07, 6.45) is 6.54. The molecule has 2 aromatic heterocycles. The number of benzene rings is 1. The van der Waals surface area contributed by atoms with Gasteiger partial charge in [-0.05, 0) is 70.3 Å². The molecule has 1 aromatic carbocycles. The fraction of sp³-hybridized carbons (Fsp3) is 0.533. The average Bonchev–Trinajstić information content (AvgIpc) is 3.14. The molecule has 0 radical (unpaired) electrons. The maximum atomic E-state index is 13.6. The predicted octanol–water partition coefficient (Wildman–Crippen LogP) is 4.93. The molecular weight excluding hydrogens is 496 g/mol. The number of pyridine rings is 1. The normalized spacial score (nSPS) is 22.8. The second-order valence-corrected chi connectivity index (χ2v) is 12.7. The molecule has 1 aliphatic carbocycles. The number of carbonyl (C=O) groups excluding carboxylic acids is 1. The third-order valence-electron chi connectivity index (χ3n) is 8.46. The summed E-state index contributed by atoms with van der Waals surface area (Å²) in [5.41, 5.74) is 4.33. The SMILES string of the molecule is CSc1cc(C)[nH]c(=O)c1CNC(=O)c1c(C)n(CC2(C)CCC(NC3(C)COC3)CC2)c2ccccc12. The zero-order valence-electron chi connectivity index (χ0n) is 23.2. The Balaban J connectivity index is 1.35. The Morgan fingerprint density at radius 2 is 1.89 bits per heavy atom. The van der Waals surface area contributed by atoms with E-state index in [2.05, 4.69) is 47.0 Å². The number of rotatable bonds is 8. The van der Waals surface area contributed by atoms with E-state index >= 15 is 0 Å². The Bertz CT molecular complexity index is 1400. The number of carbonyl (C=O) groups is 1. The van der Waals surface area contributed by atoms with Gasteiger partial charge >= 0.3 is 0 Å². The number of ether oxygens (including phenoxy) is 1. The minimum Gasteiger partial charge on any atom is -0.377 e. The van der Waals surface area contributed by atoms with Crippen molar-refractivity contribution in [2.75, 3.05) is 19.5 Å². The highest BCUT2D eigenvalue weighted by Gasteiger charge is 2.39. The molecule has 38 heavy (non-hydrogen) atoms. The molecule has 2 fully saturated rings. The molecule has 1 amide bonds. The molecule has 3 heterocycles. The molecule has 7 nitrogen and oxygen atoms in total. The van der Waals surface area contributed by atoms with Crippen LogP contribution in [0.5, 0.6) is 0 Å². The molecule has 8 heteroatoms. The summed E-state index contributed by atoms with van der Waals surface area (Å²) in [7, 11) is 0. The highest BCUT2D eigenvalue weighted by atomic mass is 32.2. The van der Waals surface area contributed by atoms with E-state index in [4.69, 9.17) is 4.74 Å². The van der Waals surface area contributed by atoms with Crippen LogP contribution >= 0.6 is 11.8 Å². The van der Waals surface area contributed by atoms with Crippen molar-refractivity contribution in [1.82, 2.24) is 20.2 Å². The third-order valence-corrected chi connectivity index (χ3v) is 9.26. The van der Waals surface area contributed by atoms with E-state index in [1.54, 1.807) is 0 Å². The first-order valence-electron chi connectivity index (χ1n) is 13.6. The zero-order valence-corrected chi connectivity index (χ0v) is 24.0. The lowest BCUT2D eigenvalue weighted by Gasteiger charge is -2.45. The standard InChI is InChI=1S/C30H40N4O3S/c1-19-14-25(38-5)23(27(35)32-19)15-31-28(36)26-20(2)34(24-9-7-6-8-22(24)26)16-29(3)12-10-21(11-13-29)33-30(4)17-37-18-30/h6-9,14,21,33H,10-13,15-18H2,1-5H3,(H,31,36)(H,32,35). The van der Waals surface area contributed by atoms with Crippen LogP contribution in [0.15, 0.2) is 40.0 Å². The monoisotopic (exact) mass is 536 g/mol. The number of hydrogen-bond donors (Lipinski definition) is 3. The van der Waals surface area contributed by atoms with Crippen LogP contribution in [0.1, 0.15) is 66.8 Å². The molecule has 0 spiro atoms. The number of para-hydroxylation sites is 1. The van der Waals surface area contributed by atoms with Gasteiger partial charge in [-0.2, -0.15) is 0 Å². The lowest BCUT2D eigenvalue weighted by Crippen LogP contribution is -2.61. The highest BCUT2D eigenvalue weighted by Crippen LogP contribution is 2.40. The topological polar surface area (TPSA) is 88.2 Å². The van der Waals surface area contributed by atoms with Crippen molar-refractivity contribution in [1.29, 1.82) is 0 Å². The van der Waals surface area contributed by atoms with Crippen molar-refractivity contribution in [3.63, 3.8) is 0 Å². The zero-order chi connectivity index (χ0) is 27.1. The first kappa shape index (κ1) is 27.0. The number of aromatic amines is 1. The number of nitrogens with one attached hydrogen (secondary N) is 3. The van der Waals surface area contributed by atoms with Gasteiger partial charge in [0.05, 0.1) is 24.3 Å². The van der Waals surface area contributed by atoms with Crippen molar-refractivity contribution in [2.24, 2.45) is 5.41 Å².